The van der Waals surface area contributed by atoms with Crippen LogP contribution in [-0.2, 0) is 6.61 Å². The van der Waals surface area contributed by atoms with Crippen LogP contribution in [0, 0.1) is 13.8 Å². The molecule has 1 atom stereocenters. The summed E-state index contributed by atoms with van der Waals surface area (Å²) in [5.74, 6) is 2.38. The summed E-state index contributed by atoms with van der Waals surface area (Å²) in [6, 6.07) is 8.18. The lowest BCUT2D eigenvalue weighted by atomic mass is 9.92. The first-order valence-electron chi connectivity index (χ1n) is 6.88. The lowest BCUT2D eigenvalue weighted by molar-refractivity contribution is 0.268. The van der Waals surface area contributed by atoms with Gasteiger partial charge < -0.3 is 9.15 Å². The minimum Gasteiger partial charge on any atom is -0.485 e. The highest BCUT2D eigenvalue weighted by Crippen LogP contribution is 2.31. The highest BCUT2D eigenvalue weighted by atomic mass is 16.5. The second-order valence-electron chi connectivity index (χ2n) is 5.15. The summed E-state index contributed by atoms with van der Waals surface area (Å²) in [5, 5.41) is 0. The third kappa shape index (κ3) is 3.19. The summed E-state index contributed by atoms with van der Waals surface area (Å²) in [4.78, 5) is 0. The highest BCUT2D eigenvalue weighted by Gasteiger charge is 2.12. The van der Waals surface area contributed by atoms with E-state index in [1.165, 1.54) is 16.7 Å². The topological polar surface area (TPSA) is 22.4 Å². The quantitative estimate of drug-likeness (QED) is 0.754. The van der Waals surface area contributed by atoms with Crippen molar-refractivity contribution >= 4 is 0 Å². The Labute approximate surface area is 115 Å². The summed E-state index contributed by atoms with van der Waals surface area (Å²) in [5.41, 5.74) is 3.87. The maximum Gasteiger partial charge on any atom is 0.146 e. The Morgan fingerprint density at radius 2 is 2.05 bits per heavy atom. The molecular weight excluding hydrogens is 236 g/mol. The van der Waals surface area contributed by atoms with Gasteiger partial charge in [-0.05, 0) is 61.1 Å². The summed E-state index contributed by atoms with van der Waals surface area (Å²) in [6.45, 7) is 9.22. The van der Waals surface area contributed by atoms with Crippen LogP contribution in [0.5, 0.6) is 5.75 Å². The van der Waals surface area contributed by atoms with E-state index in [2.05, 4.69) is 39.8 Å². The smallest absolute Gasteiger partial charge is 0.146 e. The Morgan fingerprint density at radius 3 is 2.68 bits per heavy atom. The van der Waals surface area contributed by atoms with Crippen molar-refractivity contribution in [3.63, 3.8) is 0 Å². The fraction of sp³-hybridized carbons (Fsp3) is 0.412. The van der Waals surface area contributed by atoms with Crippen LogP contribution in [-0.4, -0.2) is 0 Å². The molecule has 0 amide bonds. The van der Waals surface area contributed by atoms with E-state index in [1.54, 1.807) is 6.26 Å². The number of hydrogen-bond acceptors (Lipinski definition) is 2. The van der Waals surface area contributed by atoms with Crippen LogP contribution in [0.3, 0.4) is 0 Å². The molecule has 0 N–H and O–H groups in total. The van der Waals surface area contributed by atoms with Crippen LogP contribution < -0.4 is 4.74 Å². The van der Waals surface area contributed by atoms with Crippen LogP contribution in [0.4, 0.5) is 0 Å². The van der Waals surface area contributed by atoms with Gasteiger partial charge in [-0.15, -0.1) is 0 Å². The largest absolute Gasteiger partial charge is 0.485 e. The van der Waals surface area contributed by atoms with Crippen molar-refractivity contribution in [2.45, 2.75) is 46.6 Å². The Balaban J connectivity index is 2.22. The zero-order chi connectivity index (χ0) is 13.8. The SMILES string of the molecule is CCC(C)c1cc(C)cc(OCc2ccco2)c1C. The Morgan fingerprint density at radius 1 is 1.26 bits per heavy atom. The third-order valence-corrected chi connectivity index (χ3v) is 3.64. The van der Waals surface area contributed by atoms with Crippen molar-refractivity contribution in [2.75, 3.05) is 0 Å². The molecule has 1 aromatic carbocycles. The van der Waals surface area contributed by atoms with Gasteiger partial charge in [-0.2, -0.15) is 0 Å². The molecule has 0 radical (unpaired) electrons. The van der Waals surface area contributed by atoms with Crippen molar-refractivity contribution in [1.29, 1.82) is 0 Å². The average molecular weight is 258 g/mol. The van der Waals surface area contributed by atoms with Gasteiger partial charge in [-0.1, -0.05) is 19.9 Å². The number of furan rings is 1. The molecule has 0 fully saturated rings. The molecular formula is C17H22O2. The van der Waals surface area contributed by atoms with Gasteiger partial charge in [0.05, 0.1) is 6.26 Å². The molecule has 0 spiro atoms. The van der Waals surface area contributed by atoms with E-state index in [0.717, 1.165) is 17.9 Å². The van der Waals surface area contributed by atoms with Gasteiger partial charge in [-0.25, -0.2) is 0 Å². The van der Waals surface area contributed by atoms with Crippen LogP contribution in [0.25, 0.3) is 0 Å². The molecule has 2 nitrogen and oxygen atoms in total. The first-order chi connectivity index (χ1) is 9.11. The van der Waals surface area contributed by atoms with Gasteiger partial charge in [0.15, 0.2) is 0 Å². The molecule has 102 valence electrons. The molecule has 0 bridgehead atoms. The molecule has 1 heterocycles. The second-order valence-corrected chi connectivity index (χ2v) is 5.15. The molecule has 19 heavy (non-hydrogen) atoms. The zero-order valence-electron chi connectivity index (χ0n) is 12.2. The molecule has 1 unspecified atom stereocenters. The highest BCUT2D eigenvalue weighted by molar-refractivity contribution is 5.44. The molecule has 2 heteroatoms. The second kappa shape index (κ2) is 5.96. The number of benzene rings is 1. The number of ether oxygens (including phenoxy) is 1. The van der Waals surface area contributed by atoms with Crippen LogP contribution in [0.2, 0.25) is 0 Å². The van der Waals surface area contributed by atoms with Crippen LogP contribution >= 0.6 is 0 Å². The molecule has 0 aliphatic heterocycles. The van der Waals surface area contributed by atoms with Gasteiger partial charge in [0.2, 0.25) is 0 Å². The number of rotatable bonds is 5. The summed E-state index contributed by atoms with van der Waals surface area (Å²) in [6.07, 6.45) is 2.81. The lowest BCUT2D eigenvalue weighted by Crippen LogP contribution is -2.01. The zero-order valence-corrected chi connectivity index (χ0v) is 12.2. The molecule has 2 aromatic rings. The van der Waals surface area contributed by atoms with E-state index in [4.69, 9.17) is 9.15 Å². The first-order valence-corrected chi connectivity index (χ1v) is 6.88. The first kappa shape index (κ1) is 13.7. The normalized spacial score (nSPS) is 12.4. The predicted octanol–water partition coefficient (Wildman–Crippen LogP) is 4.99. The van der Waals surface area contributed by atoms with E-state index in [9.17, 15) is 0 Å². The summed E-state index contributed by atoms with van der Waals surface area (Å²) < 4.78 is 11.2. The van der Waals surface area contributed by atoms with Gasteiger partial charge in [0, 0.05) is 0 Å². The van der Waals surface area contributed by atoms with E-state index < -0.39 is 0 Å². The molecule has 0 saturated carbocycles. The fourth-order valence-corrected chi connectivity index (χ4v) is 2.28. The van der Waals surface area contributed by atoms with Crippen molar-refractivity contribution in [3.8, 4) is 5.75 Å². The Hall–Kier alpha value is -1.70. The number of aryl methyl sites for hydroxylation is 1. The molecule has 2 rings (SSSR count). The lowest BCUT2D eigenvalue weighted by Gasteiger charge is -2.17. The van der Waals surface area contributed by atoms with Crippen LogP contribution in [0.1, 0.15) is 48.6 Å². The van der Waals surface area contributed by atoms with Gasteiger partial charge in [0.1, 0.15) is 18.1 Å². The van der Waals surface area contributed by atoms with Crippen molar-refractivity contribution in [3.05, 3.63) is 53.0 Å². The van der Waals surface area contributed by atoms with Gasteiger partial charge in [-0.3, -0.25) is 0 Å². The maximum absolute atomic E-state index is 5.90. The Kier molecular flexibility index (Phi) is 4.31. The maximum atomic E-state index is 5.90. The van der Waals surface area contributed by atoms with E-state index in [0.29, 0.717) is 12.5 Å². The van der Waals surface area contributed by atoms with E-state index in [1.807, 2.05) is 12.1 Å². The number of hydrogen-bond donors (Lipinski definition) is 0. The molecule has 0 aliphatic carbocycles. The molecule has 0 saturated heterocycles. The monoisotopic (exact) mass is 258 g/mol. The predicted molar refractivity (Wildman–Crippen MR) is 77.7 cm³/mol. The standard InChI is InChI=1S/C17H22O2/c1-5-13(3)16-9-12(2)10-17(14(16)4)19-11-15-7-6-8-18-15/h6-10,13H,5,11H2,1-4H3. The van der Waals surface area contributed by atoms with Crippen molar-refractivity contribution in [2.24, 2.45) is 0 Å². The summed E-state index contributed by atoms with van der Waals surface area (Å²) >= 11 is 0. The van der Waals surface area contributed by atoms with E-state index >= 15 is 0 Å². The minimum absolute atomic E-state index is 0.483. The van der Waals surface area contributed by atoms with Crippen molar-refractivity contribution in [1.82, 2.24) is 0 Å². The van der Waals surface area contributed by atoms with Crippen LogP contribution in [0.15, 0.2) is 34.9 Å². The molecule has 0 aliphatic rings. The molecule has 1 aromatic heterocycles. The summed E-state index contributed by atoms with van der Waals surface area (Å²) in [7, 11) is 0. The average Bonchev–Trinajstić information content (AvgIpc) is 2.91. The minimum atomic E-state index is 0.483. The van der Waals surface area contributed by atoms with Gasteiger partial charge >= 0.3 is 0 Å². The Bertz CT molecular complexity index is 526. The van der Waals surface area contributed by atoms with E-state index in [-0.39, 0.29) is 0 Å². The van der Waals surface area contributed by atoms with Gasteiger partial charge in [0.25, 0.3) is 0 Å². The third-order valence-electron chi connectivity index (χ3n) is 3.64. The fourth-order valence-electron chi connectivity index (χ4n) is 2.28. The van der Waals surface area contributed by atoms with Crippen molar-refractivity contribution < 1.29 is 9.15 Å².